The minimum absolute atomic E-state index is 0.193. The molecule has 0 aliphatic carbocycles. The van der Waals surface area contributed by atoms with Gasteiger partial charge in [-0.1, -0.05) is 30.6 Å². The first-order valence-electron chi connectivity index (χ1n) is 7.06. The van der Waals surface area contributed by atoms with Gasteiger partial charge in [0.2, 0.25) is 0 Å². The molecule has 0 amide bonds. The van der Waals surface area contributed by atoms with Crippen LogP contribution in [-0.4, -0.2) is 14.9 Å². The van der Waals surface area contributed by atoms with Crippen LogP contribution in [0.4, 0.5) is 0 Å². The molecule has 0 spiro atoms. The third-order valence-corrected chi connectivity index (χ3v) is 4.59. The Kier molecular flexibility index (Phi) is 5.02. The topological polar surface area (TPSA) is 60.9 Å². The molecule has 2 aromatic rings. The first-order chi connectivity index (χ1) is 10.2. The van der Waals surface area contributed by atoms with Gasteiger partial charge < -0.3 is 4.52 Å². The number of hydrogen-bond acceptors (Lipinski definition) is 5. The number of thioether (sulfide) groups is 1. The summed E-state index contributed by atoms with van der Waals surface area (Å²) in [6, 6.07) is 1.93. The van der Waals surface area contributed by atoms with Crippen molar-refractivity contribution in [2.24, 2.45) is 0 Å². The van der Waals surface area contributed by atoms with Gasteiger partial charge in [0.25, 0.3) is 5.56 Å². The quantitative estimate of drug-likeness (QED) is 0.785. The van der Waals surface area contributed by atoms with Crippen LogP contribution in [0.5, 0.6) is 0 Å². The molecule has 0 aliphatic rings. The number of nitrogens with zero attached hydrogens (tertiary/aromatic N) is 3. The second-order valence-electron chi connectivity index (χ2n) is 6.37. The second kappa shape index (κ2) is 6.46. The van der Waals surface area contributed by atoms with Crippen LogP contribution in [0.2, 0.25) is 5.02 Å². The predicted octanol–water partition coefficient (Wildman–Crippen LogP) is 4.06. The molecule has 0 unspecified atom stereocenters. The third kappa shape index (κ3) is 3.73. The van der Waals surface area contributed by atoms with Crippen LogP contribution in [0.25, 0.3) is 0 Å². The van der Waals surface area contributed by atoms with Crippen molar-refractivity contribution < 1.29 is 4.52 Å². The Bertz CT molecular complexity index is 716. The van der Waals surface area contributed by atoms with E-state index in [4.69, 9.17) is 16.1 Å². The van der Waals surface area contributed by atoms with Crippen molar-refractivity contribution in [3.63, 3.8) is 0 Å². The highest BCUT2D eigenvalue weighted by molar-refractivity contribution is 7.98. The molecule has 22 heavy (non-hydrogen) atoms. The zero-order chi connectivity index (χ0) is 16.5. The highest BCUT2D eigenvalue weighted by Gasteiger charge is 2.19. The summed E-state index contributed by atoms with van der Waals surface area (Å²) in [6.07, 6.45) is 1.62. The maximum atomic E-state index is 12.3. The Morgan fingerprint density at radius 2 is 2.09 bits per heavy atom. The number of aromatic nitrogens is 3. The van der Waals surface area contributed by atoms with Gasteiger partial charge in [0.05, 0.1) is 28.1 Å². The first kappa shape index (κ1) is 17.1. The van der Waals surface area contributed by atoms with E-state index >= 15 is 0 Å². The Morgan fingerprint density at radius 1 is 1.41 bits per heavy atom. The average Bonchev–Trinajstić information content (AvgIpc) is 2.88. The van der Waals surface area contributed by atoms with Crippen LogP contribution in [0.3, 0.4) is 0 Å². The molecule has 0 atom stereocenters. The summed E-state index contributed by atoms with van der Waals surface area (Å²) in [6.45, 7) is 9.84. The molecule has 0 aromatic carbocycles. The van der Waals surface area contributed by atoms with Crippen molar-refractivity contribution >= 4 is 23.4 Å². The van der Waals surface area contributed by atoms with Crippen LogP contribution in [-0.2, 0) is 11.3 Å². The minimum atomic E-state index is -0.402. The Hall–Kier alpha value is -1.27. The maximum absolute atomic E-state index is 12.3. The molecule has 0 fully saturated rings. The summed E-state index contributed by atoms with van der Waals surface area (Å²) >= 11 is 7.60. The average molecular weight is 342 g/mol. The van der Waals surface area contributed by atoms with Gasteiger partial charge in [-0.25, -0.2) is 4.68 Å². The molecule has 0 saturated heterocycles. The smallest absolute Gasteiger partial charge is 0.287 e. The van der Waals surface area contributed by atoms with E-state index in [1.54, 1.807) is 6.20 Å². The lowest BCUT2D eigenvalue weighted by atomic mass is 10.1. The second-order valence-corrected chi connectivity index (χ2v) is 7.77. The van der Waals surface area contributed by atoms with Gasteiger partial charge in [-0.2, -0.15) is 5.10 Å². The van der Waals surface area contributed by atoms with E-state index in [1.807, 2.05) is 26.8 Å². The summed E-state index contributed by atoms with van der Waals surface area (Å²) in [4.78, 5) is 12.9. The summed E-state index contributed by atoms with van der Waals surface area (Å²) in [5, 5.41) is 8.41. The lowest BCUT2D eigenvalue weighted by Crippen LogP contribution is -2.36. The SMILES string of the molecule is CC(C)c1cc(CSc2cnn(C(C)(C)C)c(=O)c2Cl)on1. The molecule has 0 bridgehead atoms. The maximum Gasteiger partial charge on any atom is 0.287 e. The zero-order valence-corrected chi connectivity index (χ0v) is 15.0. The fourth-order valence-corrected chi connectivity index (χ4v) is 2.88. The van der Waals surface area contributed by atoms with Crippen LogP contribution >= 0.6 is 23.4 Å². The highest BCUT2D eigenvalue weighted by Crippen LogP contribution is 2.28. The van der Waals surface area contributed by atoms with Crippen molar-refractivity contribution in [1.82, 2.24) is 14.9 Å². The first-order valence-corrected chi connectivity index (χ1v) is 8.43. The monoisotopic (exact) mass is 341 g/mol. The molecule has 2 rings (SSSR count). The van der Waals surface area contributed by atoms with E-state index in [9.17, 15) is 4.79 Å². The van der Waals surface area contributed by atoms with Crippen molar-refractivity contribution in [3.05, 3.63) is 39.1 Å². The molecule has 5 nitrogen and oxygen atoms in total. The van der Waals surface area contributed by atoms with Crippen LogP contribution in [0.1, 0.15) is 52.0 Å². The van der Waals surface area contributed by atoms with E-state index < -0.39 is 5.54 Å². The molecule has 0 saturated carbocycles. The highest BCUT2D eigenvalue weighted by atomic mass is 35.5. The van der Waals surface area contributed by atoms with Crippen molar-refractivity contribution in [3.8, 4) is 0 Å². The minimum Gasteiger partial charge on any atom is -0.360 e. The van der Waals surface area contributed by atoms with Crippen molar-refractivity contribution in [1.29, 1.82) is 0 Å². The van der Waals surface area contributed by atoms with Crippen molar-refractivity contribution in [2.75, 3.05) is 0 Å². The number of halogens is 1. The van der Waals surface area contributed by atoms with E-state index in [2.05, 4.69) is 24.1 Å². The van der Waals surface area contributed by atoms with Gasteiger partial charge in [0.15, 0.2) is 0 Å². The van der Waals surface area contributed by atoms with Gasteiger partial charge >= 0.3 is 0 Å². The predicted molar refractivity (Wildman–Crippen MR) is 88.7 cm³/mol. The van der Waals surface area contributed by atoms with E-state index in [0.717, 1.165) is 11.5 Å². The largest absolute Gasteiger partial charge is 0.360 e. The molecule has 120 valence electrons. The normalized spacial score (nSPS) is 12.1. The van der Waals surface area contributed by atoms with Crippen LogP contribution < -0.4 is 5.56 Å². The Morgan fingerprint density at radius 3 is 2.64 bits per heavy atom. The van der Waals surface area contributed by atoms with Gasteiger partial charge in [0.1, 0.15) is 10.8 Å². The third-order valence-electron chi connectivity index (χ3n) is 3.06. The molecule has 0 N–H and O–H groups in total. The molecular formula is C15H20ClN3O2S. The van der Waals surface area contributed by atoms with Gasteiger partial charge in [0, 0.05) is 6.07 Å². The van der Waals surface area contributed by atoms with Crippen molar-refractivity contribution in [2.45, 2.75) is 56.7 Å². The van der Waals surface area contributed by atoms with E-state index in [1.165, 1.54) is 16.4 Å². The van der Waals surface area contributed by atoms with E-state index in [-0.39, 0.29) is 10.6 Å². The molecule has 2 aromatic heterocycles. The standard InChI is InChI=1S/C15H20ClN3O2S/c1-9(2)11-6-10(21-18-11)8-22-12-7-17-19(15(3,4)5)14(20)13(12)16/h6-7,9H,8H2,1-5H3. The number of rotatable bonds is 4. The van der Waals surface area contributed by atoms with Gasteiger partial charge in [-0.3, -0.25) is 4.79 Å². The molecule has 7 heteroatoms. The molecule has 0 radical (unpaired) electrons. The fraction of sp³-hybridized carbons (Fsp3) is 0.533. The van der Waals surface area contributed by atoms with E-state index in [0.29, 0.717) is 16.6 Å². The molecular weight excluding hydrogens is 322 g/mol. The lowest BCUT2D eigenvalue weighted by molar-refractivity contribution is 0.336. The van der Waals surface area contributed by atoms with Gasteiger partial charge in [-0.05, 0) is 26.7 Å². The Labute approximate surface area is 139 Å². The summed E-state index contributed by atoms with van der Waals surface area (Å²) in [5.41, 5.74) is 0.240. The Balaban J connectivity index is 2.17. The number of hydrogen-bond donors (Lipinski definition) is 0. The summed E-state index contributed by atoms with van der Waals surface area (Å²) in [5.74, 6) is 1.63. The lowest BCUT2D eigenvalue weighted by Gasteiger charge is -2.20. The summed E-state index contributed by atoms with van der Waals surface area (Å²) in [7, 11) is 0. The fourth-order valence-electron chi connectivity index (χ4n) is 1.81. The molecule has 0 aliphatic heterocycles. The van der Waals surface area contributed by atoms with Crippen LogP contribution in [0.15, 0.2) is 26.5 Å². The van der Waals surface area contributed by atoms with Gasteiger partial charge in [-0.15, -0.1) is 11.8 Å². The van der Waals surface area contributed by atoms with Crippen LogP contribution in [0, 0.1) is 0 Å². The summed E-state index contributed by atoms with van der Waals surface area (Å²) < 4.78 is 6.67. The molecule has 2 heterocycles. The zero-order valence-electron chi connectivity index (χ0n) is 13.4.